The molecule has 8 heteroatoms. The van der Waals surface area contributed by atoms with Crippen molar-refractivity contribution in [3.8, 4) is 0 Å². The summed E-state index contributed by atoms with van der Waals surface area (Å²) in [4.78, 5) is 17.7. The Balaban J connectivity index is 1.44. The highest BCUT2D eigenvalue weighted by Gasteiger charge is 2.42. The minimum absolute atomic E-state index is 0.150. The molecule has 1 amide bonds. The summed E-state index contributed by atoms with van der Waals surface area (Å²) in [5, 5.41) is 2.89. The second kappa shape index (κ2) is 9.48. The van der Waals surface area contributed by atoms with Crippen LogP contribution in [0.3, 0.4) is 0 Å². The first kappa shape index (κ1) is 24.2. The van der Waals surface area contributed by atoms with Crippen LogP contribution in [0.1, 0.15) is 22.3 Å². The first-order valence-electron chi connectivity index (χ1n) is 12.0. The fraction of sp³-hybridized carbons (Fsp3) is 0.321. The van der Waals surface area contributed by atoms with Crippen LogP contribution >= 0.6 is 0 Å². The van der Waals surface area contributed by atoms with E-state index >= 15 is 0 Å². The number of amides is 1. The number of benzene rings is 3. The smallest absolute Gasteiger partial charge is 0.368 e. The van der Waals surface area contributed by atoms with E-state index in [1.807, 2.05) is 19.1 Å². The molecule has 0 radical (unpaired) electrons. The third-order valence-corrected chi connectivity index (χ3v) is 7.13. The lowest BCUT2D eigenvalue weighted by atomic mass is 9.82. The van der Waals surface area contributed by atoms with Crippen molar-refractivity contribution in [2.45, 2.75) is 32.1 Å². The summed E-state index contributed by atoms with van der Waals surface area (Å²) in [6.45, 7) is 4.02. The number of nitrogens with zero attached hydrogens (tertiary/aromatic N) is 2. The number of alkyl halides is 3. The number of hydrogen-bond donors (Lipinski definition) is 1. The van der Waals surface area contributed by atoms with Crippen molar-refractivity contribution in [1.82, 2.24) is 5.32 Å². The Morgan fingerprint density at radius 1 is 1.03 bits per heavy atom. The second-order valence-electron chi connectivity index (χ2n) is 9.54. The van der Waals surface area contributed by atoms with Gasteiger partial charge in [0.1, 0.15) is 5.82 Å². The number of carbonyl (C=O) groups is 1. The van der Waals surface area contributed by atoms with Gasteiger partial charge in [-0.05, 0) is 66.9 Å². The number of nitrogens with one attached hydrogen (secondary N) is 1. The molecule has 0 spiro atoms. The number of rotatable bonds is 4. The molecule has 2 aliphatic heterocycles. The van der Waals surface area contributed by atoms with E-state index in [-0.39, 0.29) is 30.7 Å². The first-order valence-corrected chi connectivity index (χ1v) is 12.0. The van der Waals surface area contributed by atoms with Crippen LogP contribution in [-0.4, -0.2) is 31.6 Å². The van der Waals surface area contributed by atoms with Gasteiger partial charge in [0.05, 0.1) is 17.5 Å². The normalized spacial score (nSPS) is 19.5. The molecule has 1 fully saturated rings. The number of anilines is 2. The second-order valence-corrected chi connectivity index (χ2v) is 9.54. The molecule has 5 rings (SSSR count). The van der Waals surface area contributed by atoms with E-state index in [2.05, 4.69) is 27.2 Å². The van der Waals surface area contributed by atoms with Gasteiger partial charge in [0, 0.05) is 37.6 Å². The van der Waals surface area contributed by atoms with Crippen molar-refractivity contribution >= 4 is 17.3 Å². The average molecular weight is 498 g/mol. The molecule has 0 aliphatic carbocycles. The third kappa shape index (κ3) is 4.90. The minimum Gasteiger partial charge on any atom is -0.368 e. The molecule has 2 heterocycles. The summed E-state index contributed by atoms with van der Waals surface area (Å²) < 4.78 is 53.9. The van der Waals surface area contributed by atoms with E-state index in [0.717, 1.165) is 23.0 Å². The van der Waals surface area contributed by atoms with Gasteiger partial charge in [-0.3, -0.25) is 4.79 Å². The van der Waals surface area contributed by atoms with Gasteiger partial charge in [-0.15, -0.1) is 0 Å². The molecular weight excluding hydrogens is 470 g/mol. The maximum atomic E-state index is 13.6. The molecular formula is C28H27F4N3O. The van der Waals surface area contributed by atoms with Crippen molar-refractivity contribution in [3.63, 3.8) is 0 Å². The highest BCUT2D eigenvalue weighted by Crippen LogP contribution is 2.40. The Bertz CT molecular complexity index is 1260. The van der Waals surface area contributed by atoms with Crippen LogP contribution in [-0.2, 0) is 23.9 Å². The van der Waals surface area contributed by atoms with E-state index in [0.29, 0.717) is 30.8 Å². The largest absolute Gasteiger partial charge is 0.416 e. The molecule has 0 bridgehead atoms. The molecule has 3 aromatic rings. The number of hydrogen-bond acceptors (Lipinski definition) is 3. The molecule has 3 aromatic carbocycles. The zero-order chi connectivity index (χ0) is 25.4. The average Bonchev–Trinajstić information content (AvgIpc) is 2.86. The third-order valence-electron chi connectivity index (χ3n) is 7.13. The summed E-state index contributed by atoms with van der Waals surface area (Å²) in [5.41, 5.74) is 3.40. The lowest BCUT2D eigenvalue weighted by molar-refractivity contribution is -0.137. The number of carbonyl (C=O) groups excluding carboxylic acids is 1. The number of fused-ring (bicyclic) bond motifs is 3. The van der Waals surface area contributed by atoms with E-state index in [4.69, 9.17) is 0 Å². The molecule has 4 nitrogen and oxygen atoms in total. The van der Waals surface area contributed by atoms with Gasteiger partial charge in [0.15, 0.2) is 0 Å². The van der Waals surface area contributed by atoms with Crippen LogP contribution in [0.5, 0.6) is 0 Å². The summed E-state index contributed by atoms with van der Waals surface area (Å²) >= 11 is 0. The van der Waals surface area contributed by atoms with Crippen LogP contribution in [0.25, 0.3) is 0 Å². The standard InChI is InChI=1S/C28H27F4N3O/c1-18-5-8-23(9-6-18)34-11-12-35-25-10-7-21(28(30,31)32)14-20(25)15-24(26(35)17-34)27(36)33-16-19-3-2-4-22(29)13-19/h2-10,13-14,24,26H,11-12,15-17H2,1H3,(H,33,36). The number of piperazine rings is 1. The van der Waals surface area contributed by atoms with Crippen molar-refractivity contribution in [1.29, 1.82) is 0 Å². The van der Waals surface area contributed by atoms with E-state index < -0.39 is 17.7 Å². The van der Waals surface area contributed by atoms with Crippen LogP contribution in [0.2, 0.25) is 0 Å². The topological polar surface area (TPSA) is 35.6 Å². The maximum Gasteiger partial charge on any atom is 0.416 e. The number of halogens is 4. The molecule has 2 aliphatic rings. The highest BCUT2D eigenvalue weighted by atomic mass is 19.4. The minimum atomic E-state index is -4.45. The van der Waals surface area contributed by atoms with Gasteiger partial charge in [-0.1, -0.05) is 29.8 Å². The molecule has 2 unspecified atom stereocenters. The van der Waals surface area contributed by atoms with Gasteiger partial charge in [-0.25, -0.2) is 4.39 Å². The van der Waals surface area contributed by atoms with Crippen LogP contribution in [0.15, 0.2) is 66.7 Å². The highest BCUT2D eigenvalue weighted by molar-refractivity contribution is 5.82. The van der Waals surface area contributed by atoms with Gasteiger partial charge in [0.25, 0.3) is 0 Å². The maximum absolute atomic E-state index is 13.6. The fourth-order valence-corrected chi connectivity index (χ4v) is 5.26. The lowest BCUT2D eigenvalue weighted by Crippen LogP contribution is -2.61. The Labute approximate surface area is 207 Å². The first-order chi connectivity index (χ1) is 17.2. The van der Waals surface area contributed by atoms with Crippen LogP contribution in [0.4, 0.5) is 28.9 Å². The molecule has 1 saturated heterocycles. The molecule has 1 N–H and O–H groups in total. The summed E-state index contributed by atoms with van der Waals surface area (Å²) in [6.07, 6.45) is -4.25. The van der Waals surface area contributed by atoms with E-state index in [1.54, 1.807) is 12.1 Å². The Hall–Kier alpha value is -3.55. The van der Waals surface area contributed by atoms with Crippen molar-refractivity contribution < 1.29 is 22.4 Å². The van der Waals surface area contributed by atoms with Crippen LogP contribution in [0, 0.1) is 18.7 Å². The van der Waals surface area contributed by atoms with E-state index in [9.17, 15) is 22.4 Å². The Morgan fingerprint density at radius 2 is 1.81 bits per heavy atom. The van der Waals surface area contributed by atoms with Crippen molar-refractivity contribution in [3.05, 3.63) is 94.8 Å². The van der Waals surface area contributed by atoms with Crippen molar-refractivity contribution in [2.24, 2.45) is 5.92 Å². The van der Waals surface area contributed by atoms with E-state index in [1.165, 1.54) is 24.3 Å². The van der Waals surface area contributed by atoms with Crippen LogP contribution < -0.4 is 15.1 Å². The Morgan fingerprint density at radius 3 is 2.53 bits per heavy atom. The lowest BCUT2D eigenvalue weighted by Gasteiger charge is -2.49. The summed E-state index contributed by atoms with van der Waals surface area (Å²) in [6, 6.07) is 17.8. The quantitative estimate of drug-likeness (QED) is 0.495. The SMILES string of the molecule is Cc1ccc(N2CCN3c4ccc(C(F)(F)F)cc4CC(C(=O)NCc4cccc(F)c4)C3C2)cc1. The van der Waals surface area contributed by atoms with Gasteiger partial charge in [0.2, 0.25) is 5.91 Å². The number of aryl methyl sites for hydroxylation is 1. The molecule has 188 valence electrons. The zero-order valence-corrected chi connectivity index (χ0v) is 19.9. The van der Waals surface area contributed by atoms with Gasteiger partial charge < -0.3 is 15.1 Å². The molecule has 2 atom stereocenters. The molecule has 0 aromatic heterocycles. The van der Waals surface area contributed by atoms with Gasteiger partial charge in [-0.2, -0.15) is 13.2 Å². The molecule has 0 saturated carbocycles. The Kier molecular flexibility index (Phi) is 6.36. The molecule has 36 heavy (non-hydrogen) atoms. The fourth-order valence-electron chi connectivity index (χ4n) is 5.26. The predicted octanol–water partition coefficient (Wildman–Crippen LogP) is 5.34. The van der Waals surface area contributed by atoms with Gasteiger partial charge >= 0.3 is 6.18 Å². The predicted molar refractivity (Wildman–Crippen MR) is 131 cm³/mol. The van der Waals surface area contributed by atoms with Crippen molar-refractivity contribution in [2.75, 3.05) is 29.4 Å². The summed E-state index contributed by atoms with van der Waals surface area (Å²) in [5.74, 6) is -1.19. The monoisotopic (exact) mass is 497 g/mol. The zero-order valence-electron chi connectivity index (χ0n) is 19.9. The summed E-state index contributed by atoms with van der Waals surface area (Å²) in [7, 11) is 0.